The molecule has 2 saturated carbocycles. The SMILES string of the molecule is COC(=O)C1[C@@H]2[C@H]3O[C@H]3[C@H]3O[C@H]3[C@H]12. The van der Waals surface area contributed by atoms with Gasteiger partial charge in [0.25, 0.3) is 0 Å². The molecule has 0 aromatic rings. The zero-order valence-electron chi connectivity index (χ0n) is 7.17. The number of ether oxygens (including phenoxy) is 3. The first-order chi connectivity index (χ1) is 6.33. The normalized spacial score (nSPS) is 64.2. The van der Waals surface area contributed by atoms with Crippen LogP contribution in [-0.4, -0.2) is 37.5 Å². The quantitative estimate of drug-likeness (QED) is 0.408. The van der Waals surface area contributed by atoms with E-state index in [2.05, 4.69) is 0 Å². The van der Waals surface area contributed by atoms with Crippen LogP contribution in [0.15, 0.2) is 0 Å². The van der Waals surface area contributed by atoms with Crippen LogP contribution in [0.5, 0.6) is 0 Å². The summed E-state index contributed by atoms with van der Waals surface area (Å²) < 4.78 is 15.7. The molecule has 0 aromatic heterocycles. The third-order valence-electron chi connectivity index (χ3n) is 3.81. The molecule has 0 spiro atoms. The highest BCUT2D eigenvalue weighted by molar-refractivity contribution is 5.77. The number of epoxide rings is 2. The lowest BCUT2D eigenvalue weighted by atomic mass is 10.0. The number of fused-ring (bicyclic) bond motifs is 6. The van der Waals surface area contributed by atoms with Gasteiger partial charge in [-0.15, -0.1) is 0 Å². The summed E-state index contributed by atoms with van der Waals surface area (Å²) in [6.07, 6.45) is 1.22. The fourth-order valence-electron chi connectivity index (χ4n) is 3.08. The highest BCUT2D eigenvalue weighted by Crippen LogP contribution is 2.68. The molecule has 4 aliphatic rings. The highest BCUT2D eigenvalue weighted by Gasteiger charge is 2.80. The second-order valence-corrected chi connectivity index (χ2v) is 4.33. The number of hydrogen-bond acceptors (Lipinski definition) is 4. The average Bonchev–Trinajstić information content (AvgIpc) is 2.95. The Hall–Kier alpha value is -0.610. The van der Waals surface area contributed by atoms with Crippen molar-refractivity contribution in [3.8, 4) is 0 Å². The molecule has 1 unspecified atom stereocenters. The number of carbonyl (C=O) groups is 1. The minimum absolute atomic E-state index is 0.0671. The zero-order chi connectivity index (χ0) is 8.74. The van der Waals surface area contributed by atoms with Crippen LogP contribution in [0.25, 0.3) is 0 Å². The van der Waals surface area contributed by atoms with Gasteiger partial charge in [0.2, 0.25) is 0 Å². The zero-order valence-corrected chi connectivity index (χ0v) is 7.17. The lowest BCUT2D eigenvalue weighted by Gasteiger charge is -1.93. The first kappa shape index (κ1) is 6.79. The Morgan fingerprint density at radius 1 is 1.08 bits per heavy atom. The minimum Gasteiger partial charge on any atom is -0.469 e. The molecule has 0 N–H and O–H groups in total. The third kappa shape index (κ3) is 0.647. The standard InChI is InChI=1S/C9H10O4/c1-11-9(10)4-2-3(4)6-8(13-6)7-5(2)12-7/h2-8H,1H3/t2-,3+,4?,5-,6+,7-,8+. The molecule has 2 aliphatic heterocycles. The molecule has 4 fully saturated rings. The molecule has 0 bridgehead atoms. The summed E-state index contributed by atoms with van der Waals surface area (Å²) >= 11 is 0. The third-order valence-corrected chi connectivity index (χ3v) is 3.81. The van der Waals surface area contributed by atoms with Crippen molar-refractivity contribution >= 4 is 5.97 Å². The Kier molecular flexibility index (Phi) is 0.922. The number of carbonyl (C=O) groups excluding carboxylic acids is 1. The maximum Gasteiger partial charge on any atom is 0.309 e. The van der Waals surface area contributed by atoms with Crippen LogP contribution >= 0.6 is 0 Å². The van der Waals surface area contributed by atoms with E-state index in [0.717, 1.165) is 0 Å². The van der Waals surface area contributed by atoms with E-state index in [0.29, 0.717) is 36.3 Å². The average molecular weight is 182 g/mol. The van der Waals surface area contributed by atoms with Gasteiger partial charge in [0.15, 0.2) is 0 Å². The monoisotopic (exact) mass is 182 g/mol. The molecule has 7 atom stereocenters. The lowest BCUT2D eigenvalue weighted by molar-refractivity contribution is -0.143. The van der Waals surface area contributed by atoms with Gasteiger partial charge in [-0.2, -0.15) is 0 Å². The molecular weight excluding hydrogens is 172 g/mol. The van der Waals surface area contributed by atoms with E-state index < -0.39 is 0 Å². The van der Waals surface area contributed by atoms with Crippen molar-refractivity contribution in [1.82, 2.24) is 0 Å². The van der Waals surface area contributed by atoms with E-state index in [1.807, 2.05) is 0 Å². The number of hydrogen-bond donors (Lipinski definition) is 0. The van der Waals surface area contributed by atoms with Gasteiger partial charge >= 0.3 is 5.97 Å². The fourth-order valence-corrected chi connectivity index (χ4v) is 3.08. The Balaban J connectivity index is 1.62. The van der Waals surface area contributed by atoms with E-state index in [9.17, 15) is 4.79 Å². The summed E-state index contributed by atoms with van der Waals surface area (Å²) in [5.41, 5.74) is 0. The predicted molar refractivity (Wildman–Crippen MR) is 39.8 cm³/mol. The van der Waals surface area contributed by atoms with Crippen LogP contribution < -0.4 is 0 Å². The van der Waals surface area contributed by atoms with Crippen molar-refractivity contribution in [2.75, 3.05) is 7.11 Å². The maximum absolute atomic E-state index is 11.3. The Labute approximate surface area is 75.1 Å². The molecule has 2 aliphatic carbocycles. The van der Waals surface area contributed by atoms with Crippen LogP contribution in [0.3, 0.4) is 0 Å². The van der Waals surface area contributed by atoms with Crippen LogP contribution in [0.1, 0.15) is 0 Å². The second-order valence-electron chi connectivity index (χ2n) is 4.33. The van der Waals surface area contributed by atoms with E-state index >= 15 is 0 Å². The molecular formula is C9H10O4. The molecule has 4 heteroatoms. The van der Waals surface area contributed by atoms with E-state index in [1.165, 1.54) is 7.11 Å². The van der Waals surface area contributed by atoms with Gasteiger partial charge in [-0.3, -0.25) is 4.79 Å². The van der Waals surface area contributed by atoms with Gasteiger partial charge in [0.1, 0.15) is 12.2 Å². The summed E-state index contributed by atoms with van der Waals surface area (Å²) in [6.45, 7) is 0. The molecule has 0 aromatic carbocycles. The van der Waals surface area contributed by atoms with Crippen molar-refractivity contribution in [3.63, 3.8) is 0 Å². The molecule has 0 amide bonds. The van der Waals surface area contributed by atoms with Crippen LogP contribution in [0, 0.1) is 17.8 Å². The second kappa shape index (κ2) is 1.77. The fraction of sp³-hybridized carbons (Fsp3) is 0.889. The minimum atomic E-state index is -0.0830. The lowest BCUT2D eigenvalue weighted by Crippen LogP contribution is -2.14. The summed E-state index contributed by atoms with van der Waals surface area (Å²) in [6, 6.07) is 0. The summed E-state index contributed by atoms with van der Waals surface area (Å²) in [5.74, 6) is 0.792. The molecule has 70 valence electrons. The van der Waals surface area contributed by atoms with Gasteiger partial charge in [0.05, 0.1) is 25.2 Å². The molecule has 2 saturated heterocycles. The Morgan fingerprint density at radius 3 is 2.08 bits per heavy atom. The van der Waals surface area contributed by atoms with Gasteiger partial charge in [-0.25, -0.2) is 0 Å². The van der Waals surface area contributed by atoms with Gasteiger partial charge in [-0.1, -0.05) is 0 Å². The maximum atomic E-state index is 11.3. The Morgan fingerprint density at radius 2 is 1.62 bits per heavy atom. The van der Waals surface area contributed by atoms with Gasteiger partial charge < -0.3 is 14.2 Å². The van der Waals surface area contributed by atoms with Gasteiger partial charge in [-0.05, 0) is 0 Å². The van der Waals surface area contributed by atoms with E-state index in [4.69, 9.17) is 14.2 Å². The Bertz CT molecular complexity index is 280. The van der Waals surface area contributed by atoms with E-state index in [-0.39, 0.29) is 11.9 Å². The first-order valence-electron chi connectivity index (χ1n) is 4.71. The molecule has 2 heterocycles. The number of esters is 1. The van der Waals surface area contributed by atoms with Crippen molar-refractivity contribution < 1.29 is 19.0 Å². The highest BCUT2D eigenvalue weighted by atomic mass is 16.7. The van der Waals surface area contributed by atoms with Crippen LogP contribution in [0.2, 0.25) is 0 Å². The topological polar surface area (TPSA) is 51.4 Å². The van der Waals surface area contributed by atoms with E-state index in [1.54, 1.807) is 0 Å². The predicted octanol–water partition coefficient (Wildman–Crippen LogP) is -0.430. The number of rotatable bonds is 1. The van der Waals surface area contributed by atoms with Crippen molar-refractivity contribution in [3.05, 3.63) is 0 Å². The summed E-state index contributed by atoms with van der Waals surface area (Å²) in [7, 11) is 1.45. The van der Waals surface area contributed by atoms with Crippen molar-refractivity contribution in [2.24, 2.45) is 17.8 Å². The van der Waals surface area contributed by atoms with Crippen molar-refractivity contribution in [2.45, 2.75) is 24.4 Å². The molecule has 0 radical (unpaired) electrons. The summed E-state index contributed by atoms with van der Waals surface area (Å²) in [4.78, 5) is 11.3. The molecule has 4 nitrogen and oxygen atoms in total. The van der Waals surface area contributed by atoms with Crippen molar-refractivity contribution in [1.29, 1.82) is 0 Å². The first-order valence-corrected chi connectivity index (χ1v) is 4.71. The molecule has 4 rings (SSSR count). The smallest absolute Gasteiger partial charge is 0.309 e. The number of methoxy groups -OCH3 is 1. The molecule has 13 heavy (non-hydrogen) atoms. The summed E-state index contributed by atoms with van der Waals surface area (Å²) in [5, 5.41) is 0. The van der Waals surface area contributed by atoms with Gasteiger partial charge in [0, 0.05) is 11.8 Å². The van der Waals surface area contributed by atoms with Crippen LogP contribution in [0.4, 0.5) is 0 Å². The van der Waals surface area contributed by atoms with Crippen LogP contribution in [-0.2, 0) is 19.0 Å². The largest absolute Gasteiger partial charge is 0.469 e.